The number of aryl methyl sites for hydroxylation is 2. The van der Waals surface area contributed by atoms with Crippen LogP contribution in [0.2, 0.25) is 0 Å². The highest BCUT2D eigenvalue weighted by Crippen LogP contribution is 2.31. The number of carbonyl (C=O) groups excluding carboxylic acids is 1. The number of hydrogen-bond donors (Lipinski definition) is 0. The van der Waals surface area contributed by atoms with Gasteiger partial charge in [0.1, 0.15) is 0 Å². The molecule has 0 amide bonds. The molecule has 0 spiro atoms. The van der Waals surface area contributed by atoms with E-state index in [2.05, 4.69) is 10.1 Å². The minimum atomic E-state index is -0.618. The van der Waals surface area contributed by atoms with Crippen molar-refractivity contribution in [2.24, 2.45) is 12.0 Å². The summed E-state index contributed by atoms with van der Waals surface area (Å²) in [5.41, 5.74) is 4.25. The Morgan fingerprint density at radius 3 is 2.47 bits per heavy atom. The summed E-state index contributed by atoms with van der Waals surface area (Å²) < 4.78 is 8.89. The highest BCUT2D eigenvalue weighted by Gasteiger charge is 2.33. The summed E-state index contributed by atoms with van der Waals surface area (Å²) in [6.45, 7) is 3.67. The van der Waals surface area contributed by atoms with Gasteiger partial charge >= 0.3 is 5.97 Å². The molecule has 0 N–H and O–H groups in total. The summed E-state index contributed by atoms with van der Waals surface area (Å²) in [5.74, 6) is -0.495. The van der Waals surface area contributed by atoms with Crippen molar-refractivity contribution in [3.8, 4) is 0 Å². The molecule has 9 heteroatoms. The quantitative estimate of drug-likeness (QED) is 0.562. The van der Waals surface area contributed by atoms with Crippen LogP contribution in [0.3, 0.4) is 0 Å². The van der Waals surface area contributed by atoms with Crippen LogP contribution in [-0.4, -0.2) is 41.5 Å². The molecule has 2 aromatic heterocycles. The highest BCUT2D eigenvalue weighted by molar-refractivity contribution is 7.07. The minimum Gasteiger partial charge on any atom is -0.466 e. The molecule has 1 aliphatic rings. The lowest BCUT2D eigenvalue weighted by Gasteiger charge is -2.25. The number of carbonyl (C=O) groups is 1. The standard InChI is InChI=1S/C23H25N5O3S/c1-13-16(12-27(5)25-13)11-18-21(29)28-20(15-7-9-17(10-8-15)26(3)4)19(22(30)31-6)14(2)24-23(28)32-18/h7-12,20H,1-6H3/t20-/m0/s1. The Morgan fingerprint density at radius 2 is 1.91 bits per heavy atom. The highest BCUT2D eigenvalue weighted by atomic mass is 32.1. The molecule has 3 aromatic rings. The summed E-state index contributed by atoms with van der Waals surface area (Å²) >= 11 is 1.30. The Morgan fingerprint density at radius 1 is 1.22 bits per heavy atom. The maximum Gasteiger partial charge on any atom is 0.338 e. The molecule has 0 radical (unpaired) electrons. The molecule has 1 aromatic carbocycles. The predicted octanol–water partition coefficient (Wildman–Crippen LogP) is 1.52. The molecular weight excluding hydrogens is 426 g/mol. The molecule has 1 aliphatic heterocycles. The second kappa shape index (κ2) is 8.23. The average Bonchev–Trinajstić information content (AvgIpc) is 3.24. The second-order valence-electron chi connectivity index (χ2n) is 7.90. The van der Waals surface area contributed by atoms with E-state index in [0.717, 1.165) is 22.5 Å². The molecule has 0 fully saturated rings. The lowest BCUT2D eigenvalue weighted by atomic mass is 9.95. The van der Waals surface area contributed by atoms with Crippen molar-refractivity contribution in [2.45, 2.75) is 19.9 Å². The fraction of sp³-hybridized carbons (Fsp3) is 0.304. The molecule has 8 nitrogen and oxygen atoms in total. The van der Waals surface area contributed by atoms with E-state index in [1.54, 1.807) is 16.2 Å². The van der Waals surface area contributed by atoms with Gasteiger partial charge in [0.25, 0.3) is 5.56 Å². The largest absolute Gasteiger partial charge is 0.466 e. The van der Waals surface area contributed by atoms with Crippen LogP contribution in [0.15, 0.2) is 51.5 Å². The van der Waals surface area contributed by atoms with Crippen molar-refractivity contribution in [1.29, 1.82) is 0 Å². The van der Waals surface area contributed by atoms with Crippen LogP contribution in [0.1, 0.15) is 29.8 Å². The summed E-state index contributed by atoms with van der Waals surface area (Å²) in [6, 6.07) is 7.18. The molecule has 3 heterocycles. The summed E-state index contributed by atoms with van der Waals surface area (Å²) in [6.07, 6.45) is 3.70. The lowest BCUT2D eigenvalue weighted by Crippen LogP contribution is -2.39. The van der Waals surface area contributed by atoms with Gasteiger partial charge in [-0.2, -0.15) is 5.10 Å². The fourth-order valence-electron chi connectivity index (χ4n) is 3.86. The Labute approximate surface area is 189 Å². The van der Waals surface area contributed by atoms with Crippen molar-refractivity contribution in [3.05, 3.63) is 78.2 Å². The molecule has 1 atom stereocenters. The Hall–Kier alpha value is -3.46. The van der Waals surface area contributed by atoms with E-state index in [-0.39, 0.29) is 5.56 Å². The number of hydrogen-bond acceptors (Lipinski definition) is 7. The van der Waals surface area contributed by atoms with Crippen LogP contribution in [0.5, 0.6) is 0 Å². The third-order valence-electron chi connectivity index (χ3n) is 5.49. The van der Waals surface area contributed by atoms with E-state index < -0.39 is 12.0 Å². The Kier molecular flexibility index (Phi) is 5.60. The first kappa shape index (κ1) is 21.8. The molecule has 32 heavy (non-hydrogen) atoms. The molecule has 166 valence electrons. The first-order valence-corrected chi connectivity index (χ1v) is 10.9. The van der Waals surface area contributed by atoms with Crippen molar-refractivity contribution in [3.63, 3.8) is 0 Å². The van der Waals surface area contributed by atoms with Crippen LogP contribution in [0.4, 0.5) is 5.69 Å². The number of fused-ring (bicyclic) bond motifs is 1. The van der Waals surface area contributed by atoms with Crippen LogP contribution >= 0.6 is 11.3 Å². The third-order valence-corrected chi connectivity index (χ3v) is 6.47. The number of thiazole rings is 1. The van der Waals surface area contributed by atoms with E-state index in [9.17, 15) is 9.59 Å². The first-order valence-electron chi connectivity index (χ1n) is 10.1. The molecule has 0 unspecified atom stereocenters. The molecule has 4 rings (SSSR count). The second-order valence-corrected chi connectivity index (χ2v) is 8.91. The number of ether oxygens (including phenoxy) is 1. The average molecular weight is 452 g/mol. The number of aromatic nitrogens is 3. The topological polar surface area (TPSA) is 81.7 Å². The van der Waals surface area contributed by atoms with Gasteiger partial charge in [0.2, 0.25) is 0 Å². The molecule has 0 saturated heterocycles. The lowest BCUT2D eigenvalue weighted by molar-refractivity contribution is -0.136. The van der Waals surface area contributed by atoms with E-state index in [4.69, 9.17) is 4.74 Å². The number of anilines is 1. The summed E-state index contributed by atoms with van der Waals surface area (Å²) in [7, 11) is 7.10. The molecular formula is C23H25N5O3S. The number of methoxy groups -OCH3 is 1. The van der Waals surface area contributed by atoms with Crippen molar-refractivity contribution in [1.82, 2.24) is 14.3 Å². The van der Waals surface area contributed by atoms with E-state index in [1.165, 1.54) is 18.4 Å². The fourth-order valence-corrected chi connectivity index (χ4v) is 4.90. The zero-order chi connectivity index (χ0) is 23.2. The van der Waals surface area contributed by atoms with Gasteiger partial charge in [-0.05, 0) is 37.6 Å². The van der Waals surface area contributed by atoms with Crippen LogP contribution in [0, 0.1) is 6.92 Å². The Balaban J connectivity index is 1.96. The van der Waals surface area contributed by atoms with Crippen LogP contribution in [-0.2, 0) is 16.6 Å². The van der Waals surface area contributed by atoms with Gasteiger partial charge in [0.15, 0.2) is 4.80 Å². The van der Waals surface area contributed by atoms with Gasteiger partial charge in [-0.15, -0.1) is 0 Å². The molecule has 0 bridgehead atoms. The normalized spacial score (nSPS) is 16.1. The molecule has 0 saturated carbocycles. The van der Waals surface area contributed by atoms with Gasteiger partial charge in [0.05, 0.1) is 34.6 Å². The number of rotatable bonds is 4. The Bertz CT molecular complexity index is 1410. The zero-order valence-electron chi connectivity index (χ0n) is 18.9. The summed E-state index contributed by atoms with van der Waals surface area (Å²) in [4.78, 5) is 33.4. The SMILES string of the molecule is COC(=O)C1=C(C)N=c2sc(=Cc3cn(C)nc3C)c(=O)n2[C@H]1c1ccc(N(C)C)cc1. The smallest absolute Gasteiger partial charge is 0.338 e. The number of benzene rings is 1. The van der Waals surface area contributed by atoms with Crippen molar-refractivity contribution < 1.29 is 9.53 Å². The third kappa shape index (κ3) is 3.69. The van der Waals surface area contributed by atoms with Crippen molar-refractivity contribution in [2.75, 3.05) is 26.1 Å². The van der Waals surface area contributed by atoms with E-state index in [1.807, 2.05) is 69.5 Å². The van der Waals surface area contributed by atoms with Crippen molar-refractivity contribution >= 4 is 29.1 Å². The van der Waals surface area contributed by atoms with Crippen LogP contribution < -0.4 is 19.8 Å². The maximum atomic E-state index is 13.5. The van der Waals surface area contributed by atoms with Gasteiger partial charge in [-0.3, -0.25) is 14.0 Å². The monoisotopic (exact) mass is 451 g/mol. The molecule has 0 aliphatic carbocycles. The zero-order valence-corrected chi connectivity index (χ0v) is 19.7. The predicted molar refractivity (Wildman–Crippen MR) is 124 cm³/mol. The number of esters is 1. The van der Waals surface area contributed by atoms with E-state index >= 15 is 0 Å². The number of nitrogens with zero attached hydrogens (tertiary/aromatic N) is 5. The summed E-state index contributed by atoms with van der Waals surface area (Å²) in [5, 5.41) is 4.35. The van der Waals surface area contributed by atoms with Gasteiger partial charge in [-0.1, -0.05) is 23.5 Å². The van der Waals surface area contributed by atoms with E-state index in [0.29, 0.717) is 20.6 Å². The van der Waals surface area contributed by atoms with Gasteiger partial charge in [0, 0.05) is 38.6 Å². The van der Waals surface area contributed by atoms with Gasteiger partial charge in [-0.25, -0.2) is 9.79 Å². The number of allylic oxidation sites excluding steroid dienone is 1. The van der Waals surface area contributed by atoms with Gasteiger partial charge < -0.3 is 9.64 Å². The van der Waals surface area contributed by atoms with Crippen LogP contribution in [0.25, 0.3) is 6.08 Å². The first-order chi connectivity index (χ1) is 15.2. The minimum absolute atomic E-state index is 0.201. The maximum absolute atomic E-state index is 13.5.